The van der Waals surface area contributed by atoms with E-state index in [4.69, 9.17) is 23.2 Å². The number of benzene rings is 2. The first-order chi connectivity index (χ1) is 13.0. The predicted octanol–water partition coefficient (Wildman–Crippen LogP) is 4.81. The molecule has 3 rings (SSSR count). The molecule has 0 N–H and O–H groups in total. The maximum Gasteiger partial charge on any atom is 0.246 e. The number of likely N-dealkylation sites (N-methyl/N-ethyl adjacent to an activating group) is 1. The van der Waals surface area contributed by atoms with Gasteiger partial charge in [0.15, 0.2) is 0 Å². The molecule has 0 bridgehead atoms. The first-order valence-corrected chi connectivity index (χ1v) is 9.06. The summed E-state index contributed by atoms with van der Waals surface area (Å²) in [6.45, 7) is 1.98. The molecule has 0 saturated carbocycles. The summed E-state index contributed by atoms with van der Waals surface area (Å²) in [6, 6.07) is 13.0. The number of hydrogen-bond donors (Lipinski definition) is 0. The minimum Gasteiger partial charge on any atom is -0.335 e. The fraction of sp³-hybridized carbons (Fsp3) is 0.150. The number of carbonyl (C=O) groups excluding carboxylic acids is 1. The van der Waals surface area contributed by atoms with Gasteiger partial charge in [-0.2, -0.15) is 5.10 Å². The van der Waals surface area contributed by atoms with Crippen LogP contribution in [0, 0.1) is 0 Å². The number of nitrogens with zero attached hydrogens (tertiary/aromatic N) is 4. The van der Waals surface area contributed by atoms with Crippen LogP contribution in [0.2, 0.25) is 10.0 Å². The third kappa shape index (κ3) is 4.56. The number of halogens is 2. The van der Waals surface area contributed by atoms with Crippen molar-refractivity contribution < 1.29 is 4.79 Å². The second-order valence-corrected chi connectivity index (χ2v) is 6.88. The minimum absolute atomic E-state index is 0.0826. The molecule has 0 saturated heterocycles. The molecule has 0 aliphatic heterocycles. The highest BCUT2D eigenvalue weighted by Gasteiger charge is 2.15. The van der Waals surface area contributed by atoms with Crippen molar-refractivity contribution >= 4 is 35.2 Å². The normalized spacial score (nSPS) is 12.3. The van der Waals surface area contributed by atoms with Crippen molar-refractivity contribution in [1.29, 1.82) is 0 Å². The Kier molecular flexibility index (Phi) is 5.94. The molecular weight excluding hydrogens is 383 g/mol. The van der Waals surface area contributed by atoms with Crippen LogP contribution in [0.5, 0.6) is 0 Å². The van der Waals surface area contributed by atoms with Gasteiger partial charge in [0.05, 0.1) is 21.8 Å². The number of carbonyl (C=O) groups is 1. The molecule has 5 nitrogen and oxygen atoms in total. The maximum atomic E-state index is 12.5. The summed E-state index contributed by atoms with van der Waals surface area (Å²) in [7, 11) is 1.78. The van der Waals surface area contributed by atoms with Crippen molar-refractivity contribution in [2.24, 2.45) is 0 Å². The van der Waals surface area contributed by atoms with Crippen molar-refractivity contribution in [3.63, 3.8) is 0 Å². The van der Waals surface area contributed by atoms with Gasteiger partial charge in [0.2, 0.25) is 5.91 Å². The smallest absolute Gasteiger partial charge is 0.246 e. The molecule has 2 aromatic carbocycles. The standard InChI is InChI=1S/C20H18Cl2N4O/c1-14(16-5-7-17(8-6-16)26-13-23-12-24-26)25(2)20(27)10-4-15-3-9-18(21)19(22)11-15/h3-14H,1-2H3/b10-4+. The van der Waals surface area contributed by atoms with E-state index >= 15 is 0 Å². The SMILES string of the molecule is CC(c1ccc(-n2cncn2)cc1)N(C)C(=O)/C=C/c1ccc(Cl)c(Cl)c1. The van der Waals surface area contributed by atoms with Crippen molar-refractivity contribution in [3.05, 3.63) is 82.4 Å². The highest BCUT2D eigenvalue weighted by molar-refractivity contribution is 6.42. The van der Waals surface area contributed by atoms with Gasteiger partial charge < -0.3 is 4.90 Å². The van der Waals surface area contributed by atoms with E-state index in [-0.39, 0.29) is 11.9 Å². The number of amides is 1. The molecule has 0 spiro atoms. The fourth-order valence-corrected chi connectivity index (χ4v) is 2.87. The van der Waals surface area contributed by atoms with E-state index in [9.17, 15) is 4.79 Å². The van der Waals surface area contributed by atoms with Gasteiger partial charge >= 0.3 is 0 Å². The van der Waals surface area contributed by atoms with Crippen LogP contribution in [0.15, 0.2) is 61.2 Å². The Morgan fingerprint density at radius 3 is 2.52 bits per heavy atom. The molecule has 1 unspecified atom stereocenters. The second-order valence-electron chi connectivity index (χ2n) is 6.06. The van der Waals surface area contributed by atoms with Crippen molar-refractivity contribution in [1.82, 2.24) is 19.7 Å². The monoisotopic (exact) mass is 400 g/mol. The molecule has 138 valence electrons. The Morgan fingerprint density at radius 1 is 1.15 bits per heavy atom. The van der Waals surface area contributed by atoms with Crippen LogP contribution in [0.4, 0.5) is 0 Å². The van der Waals surface area contributed by atoms with Gasteiger partial charge in [-0.3, -0.25) is 4.79 Å². The molecule has 7 heteroatoms. The molecule has 1 atom stereocenters. The van der Waals surface area contributed by atoms with Gasteiger partial charge in [0, 0.05) is 13.1 Å². The number of hydrogen-bond acceptors (Lipinski definition) is 3. The average molecular weight is 401 g/mol. The third-order valence-corrected chi connectivity index (χ3v) is 5.09. The van der Waals surface area contributed by atoms with E-state index in [2.05, 4.69) is 10.1 Å². The van der Waals surface area contributed by atoms with E-state index in [1.807, 2.05) is 37.3 Å². The summed E-state index contributed by atoms with van der Waals surface area (Å²) >= 11 is 11.9. The van der Waals surface area contributed by atoms with E-state index in [0.717, 1.165) is 16.8 Å². The molecule has 1 aromatic heterocycles. The molecule has 1 amide bonds. The van der Waals surface area contributed by atoms with Crippen LogP contribution in [-0.4, -0.2) is 32.6 Å². The van der Waals surface area contributed by atoms with E-state index < -0.39 is 0 Å². The van der Waals surface area contributed by atoms with Gasteiger partial charge in [-0.15, -0.1) is 0 Å². The Balaban J connectivity index is 1.68. The van der Waals surface area contributed by atoms with Crippen LogP contribution < -0.4 is 0 Å². The summed E-state index contributed by atoms with van der Waals surface area (Å²) in [4.78, 5) is 18.1. The molecule has 3 aromatic rings. The summed E-state index contributed by atoms with van der Waals surface area (Å²) in [5, 5.41) is 5.05. The lowest BCUT2D eigenvalue weighted by atomic mass is 10.1. The first kappa shape index (κ1) is 19.1. The van der Waals surface area contributed by atoms with Gasteiger partial charge in [-0.1, -0.05) is 41.4 Å². The minimum atomic E-state index is -0.103. The molecule has 0 radical (unpaired) electrons. The van der Waals surface area contributed by atoms with Crippen LogP contribution in [0.3, 0.4) is 0 Å². The van der Waals surface area contributed by atoms with E-state index in [0.29, 0.717) is 10.0 Å². The largest absolute Gasteiger partial charge is 0.335 e. The molecule has 0 fully saturated rings. The van der Waals surface area contributed by atoms with Crippen LogP contribution in [0.25, 0.3) is 11.8 Å². The van der Waals surface area contributed by atoms with Gasteiger partial charge in [-0.05, 0) is 48.4 Å². The fourth-order valence-electron chi connectivity index (χ4n) is 2.56. The topological polar surface area (TPSA) is 51.0 Å². The summed E-state index contributed by atoms with van der Waals surface area (Å²) in [5.41, 5.74) is 2.76. The van der Waals surface area contributed by atoms with Crippen molar-refractivity contribution in [2.45, 2.75) is 13.0 Å². The highest BCUT2D eigenvalue weighted by atomic mass is 35.5. The van der Waals surface area contributed by atoms with Crippen molar-refractivity contribution in [3.8, 4) is 5.69 Å². The number of aromatic nitrogens is 3. The van der Waals surface area contributed by atoms with Crippen LogP contribution >= 0.6 is 23.2 Å². The third-order valence-electron chi connectivity index (χ3n) is 4.35. The Morgan fingerprint density at radius 2 is 1.89 bits per heavy atom. The van der Waals surface area contributed by atoms with Crippen LogP contribution in [0.1, 0.15) is 24.1 Å². The summed E-state index contributed by atoms with van der Waals surface area (Å²) < 4.78 is 1.68. The zero-order valence-corrected chi connectivity index (χ0v) is 16.4. The lowest BCUT2D eigenvalue weighted by Crippen LogP contribution is -2.27. The summed E-state index contributed by atoms with van der Waals surface area (Å²) in [5.74, 6) is -0.103. The Labute approximate surface area is 167 Å². The maximum absolute atomic E-state index is 12.5. The molecule has 1 heterocycles. The van der Waals surface area contributed by atoms with Crippen molar-refractivity contribution in [2.75, 3.05) is 7.05 Å². The van der Waals surface area contributed by atoms with Gasteiger partial charge in [0.1, 0.15) is 12.7 Å². The zero-order chi connectivity index (χ0) is 19.4. The Hall–Kier alpha value is -2.63. The van der Waals surface area contributed by atoms with Gasteiger partial charge in [-0.25, -0.2) is 9.67 Å². The molecular formula is C20H18Cl2N4O. The molecule has 0 aliphatic carbocycles. The van der Waals surface area contributed by atoms with E-state index in [1.165, 1.54) is 12.4 Å². The second kappa shape index (κ2) is 8.37. The molecule has 27 heavy (non-hydrogen) atoms. The molecule has 0 aliphatic rings. The Bertz CT molecular complexity index is 953. The van der Waals surface area contributed by atoms with E-state index in [1.54, 1.807) is 41.2 Å². The van der Waals surface area contributed by atoms with Crippen LogP contribution in [-0.2, 0) is 4.79 Å². The predicted molar refractivity (Wildman–Crippen MR) is 108 cm³/mol. The summed E-state index contributed by atoms with van der Waals surface area (Å²) in [6.07, 6.45) is 6.38. The quantitative estimate of drug-likeness (QED) is 0.577. The van der Waals surface area contributed by atoms with Gasteiger partial charge in [0.25, 0.3) is 0 Å². The average Bonchev–Trinajstić information content (AvgIpc) is 3.22. The zero-order valence-electron chi connectivity index (χ0n) is 14.9. The lowest BCUT2D eigenvalue weighted by Gasteiger charge is -2.24. The lowest BCUT2D eigenvalue weighted by molar-refractivity contribution is -0.126. The number of rotatable bonds is 5. The highest BCUT2D eigenvalue weighted by Crippen LogP contribution is 2.24. The first-order valence-electron chi connectivity index (χ1n) is 8.30.